The summed E-state index contributed by atoms with van der Waals surface area (Å²) in [6.45, 7) is 11.7. The van der Waals surface area contributed by atoms with Crippen LogP contribution in [-0.2, 0) is 8.54 Å². The molecule has 0 unspecified atom stereocenters. The molecular formula is C8H21O2Si2. The van der Waals surface area contributed by atoms with Crippen LogP contribution in [0.3, 0.4) is 0 Å². The Hall–Kier alpha value is 0.354. The standard InChI is InChI=1S/C8H21O2Si2/c1-6-7-8-9-11(2)10-12(3,4)5/h6-8H2,1-5H3. The molecule has 0 bridgehead atoms. The zero-order valence-electron chi connectivity index (χ0n) is 8.94. The van der Waals surface area contributed by atoms with Crippen molar-refractivity contribution in [3.8, 4) is 0 Å². The van der Waals surface area contributed by atoms with Gasteiger partial charge in [0.1, 0.15) is 0 Å². The molecule has 0 aliphatic rings. The second kappa shape index (κ2) is 5.91. The molecule has 12 heavy (non-hydrogen) atoms. The lowest BCUT2D eigenvalue weighted by atomic mass is 10.4. The van der Waals surface area contributed by atoms with Crippen LogP contribution in [0.1, 0.15) is 19.8 Å². The molecule has 0 aromatic rings. The van der Waals surface area contributed by atoms with Crippen molar-refractivity contribution in [2.24, 2.45) is 0 Å². The highest BCUT2D eigenvalue weighted by Gasteiger charge is 2.20. The van der Waals surface area contributed by atoms with Crippen LogP contribution < -0.4 is 0 Å². The lowest BCUT2D eigenvalue weighted by Crippen LogP contribution is -2.35. The van der Waals surface area contributed by atoms with E-state index in [9.17, 15) is 0 Å². The van der Waals surface area contributed by atoms with Crippen LogP contribution in [0.5, 0.6) is 0 Å². The summed E-state index contributed by atoms with van der Waals surface area (Å²) >= 11 is 0. The van der Waals surface area contributed by atoms with Crippen molar-refractivity contribution in [3.63, 3.8) is 0 Å². The smallest absolute Gasteiger partial charge is 0.370 e. The number of hydrogen-bond donors (Lipinski definition) is 0. The molecule has 1 radical (unpaired) electrons. The fraction of sp³-hybridized carbons (Fsp3) is 1.00. The van der Waals surface area contributed by atoms with Crippen molar-refractivity contribution in [1.29, 1.82) is 0 Å². The molecule has 0 aliphatic carbocycles. The van der Waals surface area contributed by atoms with Crippen LogP contribution in [0.2, 0.25) is 26.2 Å². The molecule has 0 amide bonds. The van der Waals surface area contributed by atoms with Gasteiger partial charge in [-0.25, -0.2) is 0 Å². The van der Waals surface area contributed by atoms with E-state index in [2.05, 4.69) is 33.1 Å². The summed E-state index contributed by atoms with van der Waals surface area (Å²) in [5.74, 6) is 0. The van der Waals surface area contributed by atoms with E-state index in [1.807, 2.05) is 0 Å². The average Bonchev–Trinajstić information content (AvgIpc) is 1.84. The molecule has 0 aromatic carbocycles. The molecule has 0 N–H and O–H groups in total. The Labute approximate surface area is 79.2 Å². The van der Waals surface area contributed by atoms with Crippen LogP contribution in [-0.4, -0.2) is 24.2 Å². The quantitative estimate of drug-likeness (QED) is 0.490. The van der Waals surface area contributed by atoms with Gasteiger partial charge in [0, 0.05) is 6.61 Å². The fourth-order valence-electron chi connectivity index (χ4n) is 0.821. The van der Waals surface area contributed by atoms with Crippen molar-refractivity contribution in [1.82, 2.24) is 0 Å². The molecule has 0 rings (SSSR count). The largest absolute Gasteiger partial charge is 0.435 e. The van der Waals surface area contributed by atoms with Gasteiger partial charge in [-0.3, -0.25) is 0 Å². The van der Waals surface area contributed by atoms with Gasteiger partial charge in [0.05, 0.1) is 0 Å². The second-order valence-electron chi connectivity index (χ2n) is 3.91. The monoisotopic (exact) mass is 205 g/mol. The predicted octanol–water partition coefficient (Wildman–Crippen LogP) is 2.77. The Bertz CT molecular complexity index is 112. The lowest BCUT2D eigenvalue weighted by Gasteiger charge is -2.21. The summed E-state index contributed by atoms with van der Waals surface area (Å²) in [6.07, 6.45) is 2.35. The predicted molar refractivity (Wildman–Crippen MR) is 56.9 cm³/mol. The Morgan fingerprint density at radius 1 is 1.25 bits per heavy atom. The Morgan fingerprint density at radius 3 is 2.25 bits per heavy atom. The van der Waals surface area contributed by atoms with Gasteiger partial charge in [0.15, 0.2) is 8.32 Å². The van der Waals surface area contributed by atoms with E-state index >= 15 is 0 Å². The third kappa shape index (κ3) is 8.45. The maximum absolute atomic E-state index is 5.80. The van der Waals surface area contributed by atoms with E-state index < -0.39 is 17.6 Å². The van der Waals surface area contributed by atoms with Crippen LogP contribution in [0.25, 0.3) is 0 Å². The van der Waals surface area contributed by atoms with E-state index in [1.165, 1.54) is 6.42 Å². The highest BCUT2D eigenvalue weighted by atomic mass is 28.4. The molecule has 0 aromatic heterocycles. The molecule has 0 fully saturated rings. The molecule has 0 heterocycles. The number of rotatable bonds is 6. The van der Waals surface area contributed by atoms with E-state index in [0.29, 0.717) is 0 Å². The third-order valence-corrected chi connectivity index (χ3v) is 5.46. The van der Waals surface area contributed by atoms with Gasteiger partial charge in [0.2, 0.25) is 0 Å². The molecular weight excluding hydrogens is 184 g/mol. The maximum Gasteiger partial charge on any atom is 0.370 e. The minimum absolute atomic E-state index is 0.867. The molecule has 0 saturated carbocycles. The van der Waals surface area contributed by atoms with Crippen LogP contribution in [0.15, 0.2) is 0 Å². The first kappa shape index (κ1) is 12.4. The lowest BCUT2D eigenvalue weighted by molar-refractivity contribution is 0.263. The minimum Gasteiger partial charge on any atom is -0.435 e. The maximum atomic E-state index is 5.80. The Kier molecular flexibility index (Phi) is 6.08. The topological polar surface area (TPSA) is 18.5 Å². The highest BCUT2D eigenvalue weighted by molar-refractivity contribution is 6.75. The Balaban J connectivity index is 3.40. The fourth-order valence-corrected chi connectivity index (χ4v) is 4.94. The SMILES string of the molecule is CCCCO[Si](C)O[Si](C)(C)C. The first-order chi connectivity index (χ1) is 5.45. The van der Waals surface area contributed by atoms with Crippen molar-refractivity contribution in [2.45, 2.75) is 46.0 Å². The van der Waals surface area contributed by atoms with Crippen molar-refractivity contribution >= 4 is 17.6 Å². The molecule has 4 heteroatoms. The number of hydrogen-bond acceptors (Lipinski definition) is 2. The highest BCUT2D eigenvalue weighted by Crippen LogP contribution is 2.05. The van der Waals surface area contributed by atoms with Gasteiger partial charge >= 0.3 is 9.28 Å². The number of unbranched alkanes of at least 4 members (excludes halogenated alkanes) is 1. The summed E-state index contributed by atoms with van der Waals surface area (Å²) in [4.78, 5) is 0. The molecule has 0 spiro atoms. The van der Waals surface area contributed by atoms with Crippen LogP contribution in [0.4, 0.5) is 0 Å². The normalized spacial score (nSPS) is 12.5. The molecule has 0 saturated heterocycles. The molecule has 0 atom stereocenters. The molecule has 73 valence electrons. The van der Waals surface area contributed by atoms with Crippen LogP contribution >= 0.6 is 0 Å². The first-order valence-corrected chi connectivity index (χ1v) is 9.83. The van der Waals surface area contributed by atoms with Gasteiger partial charge in [0.25, 0.3) is 0 Å². The molecule has 0 aliphatic heterocycles. The van der Waals surface area contributed by atoms with Crippen molar-refractivity contribution in [2.75, 3.05) is 6.61 Å². The summed E-state index contributed by atoms with van der Waals surface area (Å²) in [5.41, 5.74) is 0. The second-order valence-corrected chi connectivity index (χ2v) is 10.2. The van der Waals surface area contributed by atoms with Gasteiger partial charge in [-0.1, -0.05) is 13.3 Å². The van der Waals surface area contributed by atoms with Gasteiger partial charge in [-0.15, -0.1) is 0 Å². The van der Waals surface area contributed by atoms with E-state index in [0.717, 1.165) is 13.0 Å². The van der Waals surface area contributed by atoms with Gasteiger partial charge in [-0.05, 0) is 32.6 Å². The summed E-state index contributed by atoms with van der Waals surface area (Å²) < 4.78 is 11.4. The Morgan fingerprint density at radius 2 is 1.83 bits per heavy atom. The van der Waals surface area contributed by atoms with E-state index in [4.69, 9.17) is 8.54 Å². The summed E-state index contributed by atoms with van der Waals surface area (Å²) in [7, 11) is -2.32. The van der Waals surface area contributed by atoms with Crippen molar-refractivity contribution in [3.05, 3.63) is 0 Å². The van der Waals surface area contributed by atoms with Crippen LogP contribution in [0, 0.1) is 0 Å². The summed E-state index contributed by atoms with van der Waals surface area (Å²) in [5, 5.41) is 0. The zero-order chi connectivity index (χ0) is 9.61. The minimum atomic E-state index is -1.36. The zero-order valence-corrected chi connectivity index (χ0v) is 10.9. The molecule has 2 nitrogen and oxygen atoms in total. The van der Waals surface area contributed by atoms with E-state index in [-0.39, 0.29) is 0 Å². The van der Waals surface area contributed by atoms with E-state index in [1.54, 1.807) is 0 Å². The van der Waals surface area contributed by atoms with Crippen molar-refractivity contribution < 1.29 is 8.54 Å². The summed E-state index contributed by atoms with van der Waals surface area (Å²) in [6, 6.07) is 0. The average molecular weight is 205 g/mol. The third-order valence-electron chi connectivity index (χ3n) is 1.25. The first-order valence-electron chi connectivity index (χ1n) is 4.61. The van der Waals surface area contributed by atoms with Gasteiger partial charge < -0.3 is 8.54 Å². The van der Waals surface area contributed by atoms with Gasteiger partial charge in [-0.2, -0.15) is 0 Å².